The van der Waals surface area contributed by atoms with Crippen LogP contribution in [0.15, 0.2) is 0 Å². The summed E-state index contributed by atoms with van der Waals surface area (Å²) in [5, 5.41) is 8.81. The van der Waals surface area contributed by atoms with Gasteiger partial charge in [-0.05, 0) is 5.82 Å². The predicted molar refractivity (Wildman–Crippen MR) is 33.0 cm³/mol. The summed E-state index contributed by atoms with van der Waals surface area (Å²) in [6, 6.07) is 0. The smallest absolute Gasteiger partial charge is 0.108 e. The van der Waals surface area contributed by atoms with Crippen molar-refractivity contribution in [1.82, 2.24) is 0 Å². The zero-order valence-electron chi connectivity index (χ0n) is 4.89. The lowest BCUT2D eigenvalue weighted by atomic mass is 9.84. The number of hydrogen-bond acceptors (Lipinski definition) is 2. The van der Waals surface area contributed by atoms with E-state index in [1.54, 1.807) is 0 Å². The van der Waals surface area contributed by atoms with Crippen LogP contribution in [0.3, 0.4) is 0 Å². The molecule has 3 heteroatoms. The molecule has 0 aromatic heterocycles. The zero-order valence-corrected chi connectivity index (χ0v) is 4.89. The Bertz CT molecular complexity index is 49.0. The van der Waals surface area contributed by atoms with Crippen molar-refractivity contribution >= 4 is 7.85 Å². The highest BCUT2D eigenvalue weighted by molar-refractivity contribution is 6.11. The van der Waals surface area contributed by atoms with Crippen molar-refractivity contribution in [1.29, 1.82) is 0 Å². The first-order valence-corrected chi connectivity index (χ1v) is 2.56. The zero-order chi connectivity index (χ0) is 5.86. The van der Waals surface area contributed by atoms with Crippen LogP contribution in [0.5, 0.6) is 0 Å². The Morgan fingerprint density at radius 3 is 2.29 bits per heavy atom. The summed E-state index contributed by atoms with van der Waals surface area (Å²) in [4.78, 5) is 0. The molecule has 0 aliphatic heterocycles. The van der Waals surface area contributed by atoms with E-state index in [1.807, 2.05) is 14.8 Å². The Labute approximate surface area is 45.1 Å². The number of aliphatic hydroxyl groups excluding tert-OH is 1. The van der Waals surface area contributed by atoms with Gasteiger partial charge in [-0.15, -0.1) is 0 Å². The summed E-state index contributed by atoms with van der Waals surface area (Å²) in [6.45, 7) is 2.31. The van der Waals surface area contributed by atoms with Crippen molar-refractivity contribution in [2.45, 2.75) is 18.8 Å². The predicted octanol–water partition coefficient (Wildman–Crippen LogP) is -1.25. The van der Waals surface area contributed by atoms with E-state index in [4.69, 9.17) is 10.8 Å². The first-order valence-electron chi connectivity index (χ1n) is 2.56. The molecule has 2 atom stereocenters. The summed E-state index contributed by atoms with van der Waals surface area (Å²) in [5.74, 6) is 0.296. The van der Waals surface area contributed by atoms with Gasteiger partial charge in [-0.3, -0.25) is 0 Å². The van der Waals surface area contributed by atoms with Crippen LogP contribution < -0.4 is 5.73 Å². The van der Waals surface area contributed by atoms with Gasteiger partial charge in [-0.1, -0.05) is 6.92 Å². The van der Waals surface area contributed by atoms with E-state index in [9.17, 15) is 0 Å². The molecule has 0 rings (SSSR count). The number of hydrogen-bond donors (Lipinski definition) is 2. The molecule has 0 saturated carbocycles. The van der Waals surface area contributed by atoms with Gasteiger partial charge in [0, 0.05) is 6.54 Å². The van der Waals surface area contributed by atoms with Gasteiger partial charge in [0.1, 0.15) is 7.85 Å². The Morgan fingerprint density at radius 2 is 2.29 bits per heavy atom. The van der Waals surface area contributed by atoms with Crippen LogP contribution in [0.1, 0.15) is 6.92 Å². The molecule has 0 heterocycles. The molecule has 0 amide bonds. The second-order valence-corrected chi connectivity index (χ2v) is 2.05. The van der Waals surface area contributed by atoms with Crippen molar-refractivity contribution in [3.63, 3.8) is 0 Å². The van der Waals surface area contributed by atoms with Crippen LogP contribution in [0.2, 0.25) is 5.82 Å². The molecule has 0 aliphatic rings. The number of rotatable bonds is 2. The number of nitrogens with two attached hydrogens (primary N) is 1. The second kappa shape index (κ2) is 3.05. The normalized spacial score (nSPS) is 18.7. The molecule has 0 aromatic carbocycles. The molecule has 7 heavy (non-hydrogen) atoms. The summed E-state index contributed by atoms with van der Waals surface area (Å²) in [7, 11) is 1.94. The van der Waals surface area contributed by atoms with Gasteiger partial charge in [0.25, 0.3) is 0 Å². The summed E-state index contributed by atoms with van der Waals surface area (Å²) in [5.41, 5.74) is 5.12. The van der Waals surface area contributed by atoms with Crippen molar-refractivity contribution in [3.8, 4) is 0 Å². The molecule has 0 radical (unpaired) electrons. The van der Waals surface area contributed by atoms with Gasteiger partial charge < -0.3 is 10.8 Å². The third-order valence-corrected chi connectivity index (χ3v) is 1.01. The minimum Gasteiger partial charge on any atom is -0.392 e. The lowest BCUT2D eigenvalue weighted by Gasteiger charge is -2.09. The van der Waals surface area contributed by atoms with Gasteiger partial charge in [0.15, 0.2) is 0 Å². The first kappa shape index (κ1) is 6.98. The minimum atomic E-state index is -0.319. The molecule has 42 valence electrons. The Kier molecular flexibility index (Phi) is 3.04. The monoisotopic (exact) mass is 101 g/mol. The quantitative estimate of drug-likeness (QED) is 0.427. The molecule has 2 nitrogen and oxygen atoms in total. The fourth-order valence-electron chi connectivity index (χ4n) is 0.272. The highest BCUT2D eigenvalue weighted by Crippen LogP contribution is 2.00. The Balaban J connectivity index is 3.14. The maximum absolute atomic E-state index is 8.81. The maximum atomic E-state index is 8.81. The van der Waals surface area contributed by atoms with E-state index < -0.39 is 0 Å². The maximum Gasteiger partial charge on any atom is 0.108 e. The van der Waals surface area contributed by atoms with Gasteiger partial charge in [-0.25, -0.2) is 0 Å². The molecule has 3 N–H and O–H groups in total. The van der Waals surface area contributed by atoms with E-state index in [2.05, 4.69) is 0 Å². The molecule has 0 spiro atoms. The van der Waals surface area contributed by atoms with E-state index in [0.717, 1.165) is 0 Å². The van der Waals surface area contributed by atoms with E-state index >= 15 is 0 Å². The Hall–Kier alpha value is -0.0151. The van der Waals surface area contributed by atoms with Crippen molar-refractivity contribution in [2.24, 2.45) is 5.73 Å². The van der Waals surface area contributed by atoms with Crippen LogP contribution in [-0.2, 0) is 0 Å². The fourth-order valence-corrected chi connectivity index (χ4v) is 0.272. The van der Waals surface area contributed by atoms with Crippen LogP contribution in [-0.4, -0.2) is 25.6 Å². The highest BCUT2D eigenvalue weighted by atomic mass is 16.3. The van der Waals surface area contributed by atoms with E-state index in [1.165, 1.54) is 0 Å². The molecule has 0 bridgehead atoms. The van der Waals surface area contributed by atoms with Crippen LogP contribution in [0.25, 0.3) is 0 Å². The van der Waals surface area contributed by atoms with Crippen molar-refractivity contribution < 1.29 is 5.11 Å². The fraction of sp³-hybridized carbons (Fsp3) is 1.00. The molecule has 0 aliphatic carbocycles. The molecule has 2 unspecified atom stereocenters. The topological polar surface area (TPSA) is 46.2 Å². The minimum absolute atomic E-state index is 0.296. The van der Waals surface area contributed by atoms with Gasteiger partial charge in [-0.2, -0.15) is 0 Å². The summed E-state index contributed by atoms with van der Waals surface area (Å²) in [6.07, 6.45) is -0.319. The van der Waals surface area contributed by atoms with Crippen LogP contribution in [0, 0.1) is 0 Å². The van der Waals surface area contributed by atoms with Gasteiger partial charge >= 0.3 is 0 Å². The first-order chi connectivity index (χ1) is 3.18. The lowest BCUT2D eigenvalue weighted by Crippen LogP contribution is -2.23. The average Bonchev–Trinajstić information content (AvgIpc) is 1.65. The molecule has 0 saturated heterocycles. The standard InChI is InChI=1S/C4H12BNO/c1-3(5)4(7)2-6/h3-4,7H,2,5-6H2,1H3. The summed E-state index contributed by atoms with van der Waals surface area (Å²) >= 11 is 0. The highest BCUT2D eigenvalue weighted by Gasteiger charge is 2.03. The SMILES string of the molecule is BC(C)C(O)CN. The Morgan fingerprint density at radius 1 is 1.86 bits per heavy atom. The van der Waals surface area contributed by atoms with Crippen molar-refractivity contribution in [3.05, 3.63) is 0 Å². The lowest BCUT2D eigenvalue weighted by molar-refractivity contribution is 0.179. The molecule has 0 aromatic rings. The van der Waals surface area contributed by atoms with Crippen LogP contribution in [0.4, 0.5) is 0 Å². The number of aliphatic hydroxyl groups is 1. The molecule has 0 fully saturated rings. The van der Waals surface area contributed by atoms with Crippen LogP contribution >= 0.6 is 0 Å². The third kappa shape index (κ3) is 2.65. The third-order valence-electron chi connectivity index (χ3n) is 1.01. The molecular formula is C4H12BNO. The second-order valence-electron chi connectivity index (χ2n) is 2.05. The van der Waals surface area contributed by atoms with E-state index in [-0.39, 0.29) is 6.10 Å². The van der Waals surface area contributed by atoms with Gasteiger partial charge in [0.05, 0.1) is 6.10 Å². The largest absolute Gasteiger partial charge is 0.392 e. The average molecular weight is 101 g/mol. The van der Waals surface area contributed by atoms with E-state index in [0.29, 0.717) is 12.4 Å². The van der Waals surface area contributed by atoms with Crippen molar-refractivity contribution in [2.75, 3.05) is 6.54 Å². The van der Waals surface area contributed by atoms with Gasteiger partial charge in [0.2, 0.25) is 0 Å². The summed E-state index contributed by atoms with van der Waals surface area (Å²) < 4.78 is 0. The molecular weight excluding hydrogens is 88.9 g/mol.